The number of ether oxygens (including phenoxy) is 3. The molecule has 2 heterocycles. The number of anilines is 2. The van der Waals surface area contributed by atoms with Crippen LogP contribution in [0, 0.1) is 11.8 Å². The molecule has 6 rings (SSSR count). The minimum absolute atomic E-state index is 0.0128. The molecule has 2 aromatic carbocycles. The number of carbonyl (C=O) groups excluding carboxylic acids is 4. The summed E-state index contributed by atoms with van der Waals surface area (Å²) < 4.78 is 17.1. The van der Waals surface area contributed by atoms with E-state index in [1.165, 1.54) is 4.90 Å². The van der Waals surface area contributed by atoms with Crippen molar-refractivity contribution >= 4 is 35.2 Å². The number of hydrogen-bond donors (Lipinski definition) is 1. The molecule has 11 heteroatoms. The minimum atomic E-state index is -1.03. The smallest absolute Gasteiger partial charge is 0.410 e. The summed E-state index contributed by atoms with van der Waals surface area (Å²) in [6.45, 7) is 10.2. The van der Waals surface area contributed by atoms with E-state index in [0.717, 1.165) is 31.2 Å². The van der Waals surface area contributed by atoms with Gasteiger partial charge in [-0.05, 0) is 96.9 Å². The molecule has 1 N–H and O–H groups in total. The van der Waals surface area contributed by atoms with Crippen molar-refractivity contribution in [3.05, 3.63) is 54.1 Å². The van der Waals surface area contributed by atoms with Crippen molar-refractivity contribution in [1.82, 2.24) is 10.2 Å². The number of fused-ring (bicyclic) bond motifs is 1. The molecule has 49 heavy (non-hydrogen) atoms. The van der Waals surface area contributed by atoms with Crippen LogP contribution in [0.25, 0.3) is 0 Å². The van der Waals surface area contributed by atoms with Crippen LogP contribution in [0.5, 0.6) is 5.75 Å². The SMILES string of the molecule is COCCCN1C(=O)C(C)(C)Oc2ccc(N(C(=O)C3C[C@H](C(=O)NC4(c5ccccc5)CC4)CN(C(=O)OC(C)(C)C)C3)C3CC3)cc21. The Morgan fingerprint density at radius 3 is 2.35 bits per heavy atom. The molecule has 0 radical (unpaired) electrons. The molecule has 4 aliphatic rings. The van der Waals surface area contributed by atoms with Crippen molar-refractivity contribution in [3.63, 3.8) is 0 Å². The summed E-state index contributed by atoms with van der Waals surface area (Å²) in [6.07, 6.45) is 3.78. The van der Waals surface area contributed by atoms with E-state index in [0.29, 0.717) is 43.1 Å². The zero-order valence-corrected chi connectivity index (χ0v) is 29.6. The average Bonchev–Trinajstić information content (AvgIpc) is 4.00. The lowest BCUT2D eigenvalue weighted by molar-refractivity contribution is -0.133. The molecular formula is C38H50N4O7. The molecule has 2 aliphatic carbocycles. The number of nitrogens with zero attached hydrogens (tertiary/aromatic N) is 3. The molecule has 0 bridgehead atoms. The molecule has 3 fully saturated rings. The molecule has 2 aromatic rings. The minimum Gasteiger partial charge on any atom is -0.476 e. The van der Waals surface area contributed by atoms with E-state index in [4.69, 9.17) is 14.2 Å². The number of hydrogen-bond acceptors (Lipinski definition) is 7. The third-order valence-corrected chi connectivity index (χ3v) is 9.78. The first-order valence-electron chi connectivity index (χ1n) is 17.5. The largest absolute Gasteiger partial charge is 0.476 e. The van der Waals surface area contributed by atoms with Gasteiger partial charge in [-0.1, -0.05) is 30.3 Å². The number of benzene rings is 2. The van der Waals surface area contributed by atoms with Crippen molar-refractivity contribution in [2.45, 2.75) is 95.9 Å². The molecule has 0 spiro atoms. The number of amides is 4. The summed E-state index contributed by atoms with van der Waals surface area (Å²) in [4.78, 5) is 60.6. The van der Waals surface area contributed by atoms with Crippen molar-refractivity contribution in [3.8, 4) is 5.75 Å². The summed E-state index contributed by atoms with van der Waals surface area (Å²) in [6, 6.07) is 15.5. The van der Waals surface area contributed by atoms with Gasteiger partial charge in [-0.15, -0.1) is 0 Å². The number of piperidine rings is 1. The molecule has 4 amide bonds. The Bertz CT molecular complexity index is 1580. The fourth-order valence-corrected chi connectivity index (χ4v) is 6.99. The van der Waals surface area contributed by atoms with Crippen LogP contribution in [0.1, 0.15) is 78.7 Å². The summed E-state index contributed by atoms with van der Waals surface area (Å²) in [7, 11) is 1.63. The van der Waals surface area contributed by atoms with Gasteiger partial charge in [-0.3, -0.25) is 14.4 Å². The van der Waals surface area contributed by atoms with E-state index < -0.39 is 34.7 Å². The van der Waals surface area contributed by atoms with Gasteiger partial charge in [0.1, 0.15) is 11.4 Å². The van der Waals surface area contributed by atoms with Crippen molar-refractivity contribution < 1.29 is 33.4 Å². The second-order valence-corrected chi connectivity index (χ2v) is 15.5. The van der Waals surface area contributed by atoms with Gasteiger partial charge in [0.15, 0.2) is 5.60 Å². The van der Waals surface area contributed by atoms with Crippen LogP contribution in [0.15, 0.2) is 48.5 Å². The standard InChI is InChI=1S/C38H50N4O7/c1-36(2,3)49-35(46)40-23-25(32(43)39-38(17-18-38)27-11-8-7-9-12-27)21-26(24-40)33(44)42(28-13-14-28)29-15-16-31-30(22-29)41(19-10-20-47-6)34(45)37(4,5)48-31/h7-9,11-12,15-16,22,25-26,28H,10,13-14,17-21,23-24H2,1-6H3,(H,39,43)/t25-,26?/m0/s1. The first-order chi connectivity index (χ1) is 23.2. The predicted octanol–water partition coefficient (Wildman–Crippen LogP) is 5.40. The van der Waals surface area contributed by atoms with Crippen LogP contribution in [0.2, 0.25) is 0 Å². The van der Waals surface area contributed by atoms with Gasteiger partial charge >= 0.3 is 6.09 Å². The zero-order chi connectivity index (χ0) is 35.1. The molecule has 1 unspecified atom stereocenters. The van der Waals surface area contributed by atoms with Crippen LogP contribution in [0.3, 0.4) is 0 Å². The summed E-state index contributed by atoms with van der Waals surface area (Å²) in [5, 5.41) is 3.28. The van der Waals surface area contributed by atoms with E-state index >= 15 is 0 Å². The monoisotopic (exact) mass is 674 g/mol. The van der Waals surface area contributed by atoms with Crippen molar-refractivity contribution in [2.24, 2.45) is 11.8 Å². The average molecular weight is 675 g/mol. The van der Waals surface area contributed by atoms with Gasteiger partial charge in [-0.2, -0.15) is 0 Å². The fraction of sp³-hybridized carbons (Fsp3) is 0.579. The quantitative estimate of drug-likeness (QED) is 0.336. The number of likely N-dealkylation sites (tertiary alicyclic amines) is 1. The van der Waals surface area contributed by atoms with Crippen molar-refractivity contribution in [2.75, 3.05) is 43.2 Å². The zero-order valence-electron chi connectivity index (χ0n) is 29.6. The Morgan fingerprint density at radius 1 is 1.02 bits per heavy atom. The maximum absolute atomic E-state index is 14.6. The highest BCUT2D eigenvalue weighted by Crippen LogP contribution is 2.46. The maximum atomic E-state index is 14.6. The highest BCUT2D eigenvalue weighted by atomic mass is 16.6. The summed E-state index contributed by atoms with van der Waals surface area (Å²) >= 11 is 0. The maximum Gasteiger partial charge on any atom is 0.410 e. The van der Waals surface area contributed by atoms with E-state index in [1.54, 1.807) is 46.6 Å². The topological polar surface area (TPSA) is 118 Å². The van der Waals surface area contributed by atoms with Gasteiger partial charge < -0.3 is 34.2 Å². The molecule has 2 aliphatic heterocycles. The molecule has 2 atom stereocenters. The van der Waals surface area contributed by atoms with Crippen LogP contribution >= 0.6 is 0 Å². The normalized spacial score (nSPS) is 22.4. The number of rotatable bonds is 10. The molecular weight excluding hydrogens is 624 g/mol. The Labute approximate surface area is 289 Å². The first-order valence-corrected chi connectivity index (χ1v) is 17.5. The van der Waals surface area contributed by atoms with Gasteiger partial charge in [0.25, 0.3) is 5.91 Å². The van der Waals surface area contributed by atoms with E-state index in [1.807, 2.05) is 53.4 Å². The van der Waals surface area contributed by atoms with E-state index in [-0.39, 0.29) is 36.9 Å². The van der Waals surface area contributed by atoms with Gasteiger partial charge in [0.2, 0.25) is 11.8 Å². The van der Waals surface area contributed by atoms with Gasteiger partial charge in [0.05, 0.1) is 23.1 Å². The second kappa shape index (κ2) is 13.3. The highest BCUT2D eigenvalue weighted by molar-refractivity contribution is 6.04. The fourth-order valence-electron chi connectivity index (χ4n) is 6.99. The number of carbonyl (C=O) groups is 4. The van der Waals surface area contributed by atoms with Crippen LogP contribution in [-0.2, 0) is 29.4 Å². The lowest BCUT2D eigenvalue weighted by atomic mass is 9.87. The molecule has 264 valence electrons. The summed E-state index contributed by atoms with van der Waals surface area (Å²) in [5.74, 6) is -1.11. The lowest BCUT2D eigenvalue weighted by Gasteiger charge is -2.40. The second-order valence-electron chi connectivity index (χ2n) is 15.5. The lowest BCUT2D eigenvalue weighted by Crippen LogP contribution is -2.54. The molecule has 1 saturated heterocycles. The first kappa shape index (κ1) is 34.7. The van der Waals surface area contributed by atoms with Crippen molar-refractivity contribution in [1.29, 1.82) is 0 Å². The Kier molecular flexibility index (Phi) is 9.43. The van der Waals surface area contributed by atoms with E-state index in [2.05, 4.69) is 5.32 Å². The summed E-state index contributed by atoms with van der Waals surface area (Å²) in [5.41, 5.74) is 0.154. The molecule has 2 saturated carbocycles. The van der Waals surface area contributed by atoms with Crippen LogP contribution in [0.4, 0.5) is 16.2 Å². The van der Waals surface area contributed by atoms with E-state index in [9.17, 15) is 19.2 Å². The third kappa shape index (κ3) is 7.56. The Balaban J connectivity index is 1.28. The van der Waals surface area contributed by atoms with Crippen LogP contribution in [-0.4, -0.2) is 79.3 Å². The number of nitrogens with one attached hydrogen (secondary N) is 1. The Hall–Kier alpha value is -4.12. The van der Waals surface area contributed by atoms with Gasteiger partial charge in [0, 0.05) is 45.1 Å². The predicted molar refractivity (Wildman–Crippen MR) is 185 cm³/mol. The van der Waals surface area contributed by atoms with Gasteiger partial charge in [-0.25, -0.2) is 4.79 Å². The third-order valence-electron chi connectivity index (χ3n) is 9.78. The van der Waals surface area contributed by atoms with Crippen LogP contribution < -0.4 is 19.9 Å². The molecule has 0 aromatic heterocycles. The Morgan fingerprint density at radius 2 is 1.71 bits per heavy atom. The highest BCUT2D eigenvalue weighted by Gasteiger charge is 2.49. The number of methoxy groups -OCH3 is 1. The molecule has 11 nitrogen and oxygen atoms in total.